The molecule has 0 aliphatic carbocycles. The van der Waals surface area contributed by atoms with Gasteiger partial charge in [-0.3, -0.25) is 4.98 Å². The SMILES string of the molecule is CN(Cc1ccccc1)c1[nH]c(=O)ncc1N. The average Bonchev–Trinajstić information content (AvgIpc) is 2.33. The van der Waals surface area contributed by atoms with E-state index >= 15 is 0 Å². The van der Waals surface area contributed by atoms with Crippen molar-refractivity contribution in [1.29, 1.82) is 0 Å². The minimum Gasteiger partial charge on any atom is -0.395 e. The van der Waals surface area contributed by atoms with Crippen LogP contribution >= 0.6 is 0 Å². The molecule has 0 amide bonds. The quantitative estimate of drug-likeness (QED) is 0.824. The van der Waals surface area contributed by atoms with E-state index in [0.29, 0.717) is 18.1 Å². The number of nitrogens with zero attached hydrogens (tertiary/aromatic N) is 2. The first-order valence-corrected chi connectivity index (χ1v) is 5.26. The summed E-state index contributed by atoms with van der Waals surface area (Å²) in [6.07, 6.45) is 1.37. The van der Waals surface area contributed by atoms with Crippen molar-refractivity contribution in [2.24, 2.45) is 0 Å². The van der Waals surface area contributed by atoms with E-state index in [4.69, 9.17) is 5.73 Å². The Morgan fingerprint density at radius 2 is 2.06 bits per heavy atom. The Bertz CT molecular complexity index is 550. The molecule has 0 fully saturated rings. The second kappa shape index (κ2) is 4.69. The molecule has 0 aliphatic rings. The highest BCUT2D eigenvalue weighted by atomic mass is 16.1. The number of benzene rings is 1. The van der Waals surface area contributed by atoms with Crippen LogP contribution in [0.15, 0.2) is 41.3 Å². The summed E-state index contributed by atoms with van der Waals surface area (Å²) in [5.74, 6) is 0.592. The average molecular weight is 230 g/mol. The van der Waals surface area contributed by atoms with Gasteiger partial charge >= 0.3 is 5.69 Å². The topological polar surface area (TPSA) is 75.0 Å². The maximum absolute atomic E-state index is 11.2. The van der Waals surface area contributed by atoms with Crippen LogP contribution in [-0.2, 0) is 6.54 Å². The third-order valence-corrected chi connectivity index (χ3v) is 2.46. The van der Waals surface area contributed by atoms with Gasteiger partial charge in [-0.25, -0.2) is 4.79 Å². The molecule has 0 unspecified atom stereocenters. The van der Waals surface area contributed by atoms with Gasteiger partial charge in [0.05, 0.1) is 11.9 Å². The molecule has 0 radical (unpaired) electrons. The Morgan fingerprint density at radius 3 is 2.76 bits per heavy atom. The lowest BCUT2D eigenvalue weighted by atomic mass is 10.2. The second-order valence-corrected chi connectivity index (χ2v) is 3.83. The number of nitrogens with one attached hydrogen (secondary N) is 1. The van der Waals surface area contributed by atoms with Crippen LogP contribution in [0.4, 0.5) is 11.5 Å². The van der Waals surface area contributed by atoms with Gasteiger partial charge in [-0.05, 0) is 5.56 Å². The predicted octanol–water partition coefficient (Wildman–Crippen LogP) is 0.988. The van der Waals surface area contributed by atoms with Crippen molar-refractivity contribution < 1.29 is 0 Å². The van der Waals surface area contributed by atoms with Crippen molar-refractivity contribution in [3.8, 4) is 0 Å². The Morgan fingerprint density at radius 1 is 1.35 bits per heavy atom. The first kappa shape index (κ1) is 11.2. The zero-order chi connectivity index (χ0) is 12.3. The van der Waals surface area contributed by atoms with E-state index in [0.717, 1.165) is 5.56 Å². The van der Waals surface area contributed by atoms with Gasteiger partial charge in [-0.2, -0.15) is 4.98 Å². The van der Waals surface area contributed by atoms with E-state index in [2.05, 4.69) is 9.97 Å². The number of nitrogens with two attached hydrogens (primary N) is 1. The Kier molecular flexibility index (Phi) is 3.09. The summed E-state index contributed by atoms with van der Waals surface area (Å²) in [5.41, 5.74) is 6.98. The molecule has 0 spiro atoms. The summed E-state index contributed by atoms with van der Waals surface area (Å²) >= 11 is 0. The second-order valence-electron chi connectivity index (χ2n) is 3.83. The molecule has 0 saturated carbocycles. The molecular formula is C12H14N4O. The molecule has 2 aromatic rings. The van der Waals surface area contributed by atoms with Gasteiger partial charge in [0.15, 0.2) is 0 Å². The summed E-state index contributed by atoms with van der Waals surface area (Å²) in [6, 6.07) is 9.95. The summed E-state index contributed by atoms with van der Waals surface area (Å²) in [4.78, 5) is 19.2. The molecule has 5 heteroatoms. The monoisotopic (exact) mass is 230 g/mol. The maximum atomic E-state index is 11.2. The summed E-state index contributed by atoms with van der Waals surface area (Å²) in [7, 11) is 1.87. The number of nitrogen functional groups attached to an aromatic ring is 1. The highest BCUT2D eigenvalue weighted by Gasteiger charge is 2.07. The van der Waals surface area contributed by atoms with Crippen LogP contribution in [0.5, 0.6) is 0 Å². The van der Waals surface area contributed by atoms with Crippen LogP contribution < -0.4 is 16.3 Å². The van der Waals surface area contributed by atoms with Gasteiger partial charge in [0, 0.05) is 13.6 Å². The van der Waals surface area contributed by atoms with E-state index in [1.165, 1.54) is 6.20 Å². The molecule has 17 heavy (non-hydrogen) atoms. The summed E-state index contributed by atoms with van der Waals surface area (Å²) < 4.78 is 0. The highest BCUT2D eigenvalue weighted by Crippen LogP contribution is 2.17. The molecule has 2 rings (SSSR count). The van der Waals surface area contributed by atoms with Gasteiger partial charge in [-0.15, -0.1) is 0 Å². The van der Waals surface area contributed by atoms with Crippen LogP contribution in [0.25, 0.3) is 0 Å². The number of anilines is 2. The molecule has 0 saturated heterocycles. The lowest BCUT2D eigenvalue weighted by Gasteiger charge is -2.19. The van der Waals surface area contributed by atoms with Crippen LogP contribution in [0, 0.1) is 0 Å². The number of hydrogen-bond acceptors (Lipinski definition) is 4. The number of H-pyrrole nitrogens is 1. The molecule has 1 aromatic carbocycles. The number of rotatable bonds is 3. The molecule has 0 atom stereocenters. The molecule has 5 nitrogen and oxygen atoms in total. The van der Waals surface area contributed by atoms with E-state index in [1.54, 1.807) is 0 Å². The molecule has 0 bridgehead atoms. The zero-order valence-corrected chi connectivity index (χ0v) is 9.55. The minimum atomic E-state index is -0.394. The van der Waals surface area contributed by atoms with Gasteiger partial charge in [0.2, 0.25) is 0 Å². The third kappa shape index (κ3) is 2.63. The Balaban J connectivity index is 2.23. The van der Waals surface area contributed by atoms with Gasteiger partial charge in [0.25, 0.3) is 0 Å². The molecular weight excluding hydrogens is 216 g/mol. The van der Waals surface area contributed by atoms with Crippen molar-refractivity contribution in [3.63, 3.8) is 0 Å². The first-order valence-electron chi connectivity index (χ1n) is 5.26. The standard InChI is InChI=1S/C12H14N4O/c1-16(8-9-5-3-2-4-6-9)11-10(13)7-14-12(17)15-11/h2-7H,8,13H2,1H3,(H,14,15,17). The van der Waals surface area contributed by atoms with Crippen LogP contribution in [-0.4, -0.2) is 17.0 Å². The fourth-order valence-electron chi connectivity index (χ4n) is 1.65. The van der Waals surface area contributed by atoms with Crippen molar-refractivity contribution in [2.75, 3.05) is 17.7 Å². The van der Waals surface area contributed by atoms with E-state index in [1.807, 2.05) is 42.3 Å². The first-order chi connectivity index (χ1) is 8.16. The molecule has 1 aromatic heterocycles. The highest BCUT2D eigenvalue weighted by molar-refractivity contribution is 5.60. The lowest BCUT2D eigenvalue weighted by Crippen LogP contribution is -2.23. The van der Waals surface area contributed by atoms with E-state index in [9.17, 15) is 4.79 Å². The lowest BCUT2D eigenvalue weighted by molar-refractivity contribution is 0.883. The molecule has 88 valence electrons. The molecule has 1 heterocycles. The summed E-state index contributed by atoms with van der Waals surface area (Å²) in [5, 5.41) is 0. The van der Waals surface area contributed by atoms with Crippen LogP contribution in [0.3, 0.4) is 0 Å². The van der Waals surface area contributed by atoms with Crippen molar-refractivity contribution in [2.45, 2.75) is 6.54 Å². The maximum Gasteiger partial charge on any atom is 0.346 e. The van der Waals surface area contributed by atoms with Crippen molar-refractivity contribution in [1.82, 2.24) is 9.97 Å². The fourth-order valence-corrected chi connectivity index (χ4v) is 1.65. The zero-order valence-electron chi connectivity index (χ0n) is 9.55. The van der Waals surface area contributed by atoms with Gasteiger partial charge < -0.3 is 10.6 Å². The van der Waals surface area contributed by atoms with Crippen molar-refractivity contribution in [3.05, 3.63) is 52.6 Å². The predicted molar refractivity (Wildman–Crippen MR) is 67.8 cm³/mol. The van der Waals surface area contributed by atoms with Crippen molar-refractivity contribution >= 4 is 11.5 Å². The molecule has 0 aliphatic heterocycles. The van der Waals surface area contributed by atoms with Crippen LogP contribution in [0.2, 0.25) is 0 Å². The minimum absolute atomic E-state index is 0.394. The normalized spacial score (nSPS) is 10.2. The third-order valence-electron chi connectivity index (χ3n) is 2.46. The largest absolute Gasteiger partial charge is 0.395 e. The fraction of sp³-hybridized carbons (Fsp3) is 0.167. The van der Waals surface area contributed by atoms with E-state index in [-0.39, 0.29) is 0 Å². The van der Waals surface area contributed by atoms with Crippen LogP contribution in [0.1, 0.15) is 5.56 Å². The van der Waals surface area contributed by atoms with Gasteiger partial charge in [0.1, 0.15) is 5.82 Å². The Labute approximate surface area is 98.9 Å². The number of aromatic nitrogens is 2. The number of aromatic amines is 1. The smallest absolute Gasteiger partial charge is 0.346 e. The summed E-state index contributed by atoms with van der Waals surface area (Å²) in [6.45, 7) is 0.672. The van der Waals surface area contributed by atoms with E-state index < -0.39 is 5.69 Å². The Hall–Kier alpha value is -2.30. The number of hydrogen-bond donors (Lipinski definition) is 2. The van der Waals surface area contributed by atoms with Gasteiger partial charge in [-0.1, -0.05) is 30.3 Å². The molecule has 3 N–H and O–H groups in total.